The molecule has 2 aromatic rings. The summed E-state index contributed by atoms with van der Waals surface area (Å²) < 4.78 is 37.9. The average Bonchev–Trinajstić information content (AvgIpc) is 3.07. The fraction of sp³-hybridized carbons (Fsp3) is 0.412. The summed E-state index contributed by atoms with van der Waals surface area (Å²) in [6.45, 7) is 3.25. The van der Waals surface area contributed by atoms with Crippen molar-refractivity contribution in [2.45, 2.75) is 19.5 Å². The highest BCUT2D eigenvalue weighted by Gasteiger charge is 2.31. The number of hydrogen-bond acceptors (Lipinski definition) is 6. The smallest absolute Gasteiger partial charge is 0.353 e. The van der Waals surface area contributed by atoms with E-state index >= 15 is 0 Å². The number of alkyl halides is 3. The molecule has 0 saturated carbocycles. The summed E-state index contributed by atoms with van der Waals surface area (Å²) in [5, 5.41) is 4.75. The topological polar surface area (TPSA) is 78.4 Å². The number of aromatic nitrogens is 2. The predicted molar refractivity (Wildman–Crippen MR) is 98.2 cm³/mol. The van der Waals surface area contributed by atoms with E-state index in [-0.39, 0.29) is 18.2 Å². The minimum absolute atomic E-state index is 0.0836. The van der Waals surface area contributed by atoms with Crippen LogP contribution in [0, 0.1) is 0 Å². The van der Waals surface area contributed by atoms with E-state index in [9.17, 15) is 22.8 Å². The SMILES string of the molecule is CC(=O)Nc1nc(CC(=O)N2CCN(c3ccc(C(F)(F)F)cn3)CC2)cs1. The lowest BCUT2D eigenvalue weighted by molar-refractivity contribution is -0.138. The number of nitrogens with one attached hydrogen (secondary N) is 1. The molecular weight excluding hydrogens is 395 g/mol. The Labute approximate surface area is 163 Å². The lowest BCUT2D eigenvalue weighted by Gasteiger charge is -2.35. The second kappa shape index (κ2) is 8.13. The van der Waals surface area contributed by atoms with Gasteiger partial charge < -0.3 is 15.1 Å². The van der Waals surface area contributed by atoms with Gasteiger partial charge in [-0.05, 0) is 12.1 Å². The largest absolute Gasteiger partial charge is 0.417 e. The molecule has 0 radical (unpaired) electrons. The molecule has 7 nitrogen and oxygen atoms in total. The number of amides is 2. The summed E-state index contributed by atoms with van der Waals surface area (Å²) in [6, 6.07) is 2.36. The van der Waals surface area contributed by atoms with E-state index in [0.29, 0.717) is 42.8 Å². The van der Waals surface area contributed by atoms with Crippen molar-refractivity contribution in [2.75, 3.05) is 36.4 Å². The van der Waals surface area contributed by atoms with Crippen molar-refractivity contribution in [3.8, 4) is 0 Å². The highest BCUT2D eigenvalue weighted by atomic mass is 32.1. The van der Waals surface area contributed by atoms with Crippen LogP contribution in [0.15, 0.2) is 23.7 Å². The number of hydrogen-bond donors (Lipinski definition) is 1. The van der Waals surface area contributed by atoms with Crippen LogP contribution in [-0.4, -0.2) is 52.9 Å². The van der Waals surface area contributed by atoms with Crippen molar-refractivity contribution in [1.82, 2.24) is 14.9 Å². The molecule has 1 saturated heterocycles. The van der Waals surface area contributed by atoms with Gasteiger partial charge in [0.1, 0.15) is 5.82 Å². The third-order valence-corrected chi connectivity index (χ3v) is 5.01. The summed E-state index contributed by atoms with van der Waals surface area (Å²) >= 11 is 1.26. The Bertz CT molecular complexity index is 845. The van der Waals surface area contributed by atoms with Crippen LogP contribution in [0.5, 0.6) is 0 Å². The van der Waals surface area contributed by atoms with Gasteiger partial charge in [-0.3, -0.25) is 9.59 Å². The zero-order valence-electron chi connectivity index (χ0n) is 15.0. The van der Waals surface area contributed by atoms with Crippen molar-refractivity contribution in [1.29, 1.82) is 0 Å². The second-order valence-electron chi connectivity index (χ2n) is 6.27. The van der Waals surface area contributed by atoms with E-state index in [0.717, 1.165) is 12.3 Å². The van der Waals surface area contributed by atoms with Crippen molar-refractivity contribution in [3.05, 3.63) is 35.0 Å². The van der Waals surface area contributed by atoms with Crippen LogP contribution in [-0.2, 0) is 22.2 Å². The molecule has 0 atom stereocenters. The van der Waals surface area contributed by atoms with Crippen LogP contribution < -0.4 is 10.2 Å². The normalized spacial score (nSPS) is 14.9. The number of rotatable bonds is 4. The zero-order chi connectivity index (χ0) is 20.3. The van der Waals surface area contributed by atoms with Crippen LogP contribution in [0.2, 0.25) is 0 Å². The highest BCUT2D eigenvalue weighted by Crippen LogP contribution is 2.29. The molecular formula is C17H18F3N5O2S. The first-order valence-corrected chi connectivity index (χ1v) is 9.38. The number of nitrogens with zero attached hydrogens (tertiary/aromatic N) is 4. The lowest BCUT2D eigenvalue weighted by Crippen LogP contribution is -2.49. The summed E-state index contributed by atoms with van der Waals surface area (Å²) in [5.41, 5.74) is -0.197. The third-order valence-electron chi connectivity index (χ3n) is 4.20. The van der Waals surface area contributed by atoms with Crippen LogP contribution in [0.1, 0.15) is 18.2 Å². The molecule has 0 bridgehead atoms. The van der Waals surface area contributed by atoms with Gasteiger partial charge in [0.25, 0.3) is 0 Å². The van der Waals surface area contributed by atoms with Gasteiger partial charge in [0.05, 0.1) is 17.7 Å². The molecule has 0 aromatic carbocycles. The Kier molecular flexibility index (Phi) is 5.82. The highest BCUT2D eigenvalue weighted by molar-refractivity contribution is 7.13. The molecule has 0 unspecified atom stereocenters. The minimum atomic E-state index is -4.41. The van der Waals surface area contributed by atoms with Crippen molar-refractivity contribution in [2.24, 2.45) is 0 Å². The Morgan fingerprint density at radius 3 is 2.50 bits per heavy atom. The van der Waals surface area contributed by atoms with Crippen molar-refractivity contribution in [3.63, 3.8) is 0 Å². The molecule has 1 N–H and O–H groups in total. The van der Waals surface area contributed by atoms with E-state index in [1.807, 2.05) is 4.90 Å². The standard InChI is InChI=1S/C17H18F3N5O2S/c1-11(26)22-16-23-13(10-28-16)8-15(27)25-6-4-24(5-7-25)14-3-2-12(9-21-14)17(18,19)20/h2-3,9-10H,4-8H2,1H3,(H,22,23,26). The summed E-state index contributed by atoms with van der Waals surface area (Å²) in [6.07, 6.45) is -3.46. The van der Waals surface area contributed by atoms with Crippen molar-refractivity contribution < 1.29 is 22.8 Å². The zero-order valence-corrected chi connectivity index (χ0v) is 15.8. The Balaban J connectivity index is 1.52. The number of carbonyl (C=O) groups excluding carboxylic acids is 2. The van der Waals surface area contributed by atoms with Gasteiger partial charge in [0.15, 0.2) is 5.13 Å². The van der Waals surface area contributed by atoms with E-state index in [4.69, 9.17) is 0 Å². The summed E-state index contributed by atoms with van der Waals surface area (Å²) in [5.74, 6) is 0.152. The minimum Gasteiger partial charge on any atom is -0.353 e. The second-order valence-corrected chi connectivity index (χ2v) is 7.13. The number of anilines is 2. The molecule has 28 heavy (non-hydrogen) atoms. The summed E-state index contributed by atoms with van der Waals surface area (Å²) in [7, 11) is 0. The Morgan fingerprint density at radius 2 is 1.93 bits per heavy atom. The van der Waals surface area contributed by atoms with Gasteiger partial charge in [-0.15, -0.1) is 11.3 Å². The molecule has 1 fully saturated rings. The van der Waals surface area contributed by atoms with Crippen LogP contribution >= 0.6 is 11.3 Å². The van der Waals surface area contributed by atoms with Crippen LogP contribution in [0.4, 0.5) is 24.1 Å². The van der Waals surface area contributed by atoms with E-state index in [2.05, 4.69) is 15.3 Å². The molecule has 0 spiro atoms. The van der Waals surface area contributed by atoms with E-state index < -0.39 is 11.7 Å². The maximum absolute atomic E-state index is 12.6. The molecule has 11 heteroatoms. The van der Waals surface area contributed by atoms with Gasteiger partial charge >= 0.3 is 6.18 Å². The monoisotopic (exact) mass is 413 g/mol. The van der Waals surface area contributed by atoms with E-state index in [1.165, 1.54) is 24.3 Å². The number of carbonyl (C=O) groups is 2. The molecule has 3 rings (SSSR count). The number of pyridine rings is 1. The van der Waals surface area contributed by atoms with E-state index in [1.54, 1.807) is 10.3 Å². The first kappa shape index (κ1) is 20.1. The quantitative estimate of drug-likeness (QED) is 0.833. The Morgan fingerprint density at radius 1 is 1.21 bits per heavy atom. The maximum Gasteiger partial charge on any atom is 0.417 e. The van der Waals surface area contributed by atoms with Gasteiger partial charge in [0.2, 0.25) is 11.8 Å². The predicted octanol–water partition coefficient (Wildman–Crippen LogP) is 2.41. The molecule has 2 aromatic heterocycles. The molecule has 3 heterocycles. The van der Waals surface area contributed by atoms with Crippen molar-refractivity contribution >= 4 is 34.1 Å². The lowest BCUT2D eigenvalue weighted by atomic mass is 10.2. The van der Waals surface area contributed by atoms with Crippen LogP contribution in [0.25, 0.3) is 0 Å². The first-order chi connectivity index (χ1) is 13.2. The van der Waals surface area contributed by atoms with Crippen LogP contribution in [0.3, 0.4) is 0 Å². The fourth-order valence-corrected chi connectivity index (χ4v) is 3.54. The molecule has 0 aliphatic carbocycles. The molecule has 1 aliphatic heterocycles. The fourth-order valence-electron chi connectivity index (χ4n) is 2.79. The number of piperazine rings is 1. The third kappa shape index (κ3) is 4.97. The number of thiazole rings is 1. The van der Waals surface area contributed by atoms with Gasteiger partial charge in [-0.1, -0.05) is 0 Å². The molecule has 1 aliphatic rings. The summed E-state index contributed by atoms with van der Waals surface area (Å²) in [4.78, 5) is 35.1. The first-order valence-electron chi connectivity index (χ1n) is 8.50. The van der Waals surface area contributed by atoms with Gasteiger partial charge in [0, 0.05) is 44.7 Å². The average molecular weight is 413 g/mol. The van der Waals surface area contributed by atoms with Gasteiger partial charge in [-0.2, -0.15) is 13.2 Å². The maximum atomic E-state index is 12.6. The molecule has 2 amide bonds. The number of halogens is 3. The molecule has 150 valence electrons. The Hall–Kier alpha value is -2.69. The van der Waals surface area contributed by atoms with Gasteiger partial charge in [-0.25, -0.2) is 9.97 Å².